The molecule has 0 atom stereocenters. The first-order valence-corrected chi connectivity index (χ1v) is 12.2. The number of rotatable bonds is 8. The molecule has 0 bridgehead atoms. The third-order valence-electron chi connectivity index (χ3n) is 5.03. The topological polar surface area (TPSA) is 91.9 Å². The maximum absolute atomic E-state index is 12.8. The molecule has 10 heteroatoms. The zero-order valence-electron chi connectivity index (χ0n) is 17.4. The Labute approximate surface area is 181 Å². The van der Waals surface area contributed by atoms with Crippen LogP contribution in [0.25, 0.3) is 0 Å². The van der Waals surface area contributed by atoms with Crippen molar-refractivity contribution in [3.05, 3.63) is 41.7 Å². The number of nitrogens with zero attached hydrogens (tertiary/aromatic N) is 2. The van der Waals surface area contributed by atoms with Gasteiger partial charge in [0.05, 0.1) is 14.2 Å². The summed E-state index contributed by atoms with van der Waals surface area (Å²) in [5.74, 6) is 2.60. The van der Waals surface area contributed by atoms with Crippen LogP contribution in [0.4, 0.5) is 0 Å². The monoisotopic (exact) mass is 453 g/mol. The zero-order valence-corrected chi connectivity index (χ0v) is 19.0. The summed E-state index contributed by atoms with van der Waals surface area (Å²) in [6.45, 7) is 1.46. The highest BCUT2D eigenvalue weighted by Crippen LogP contribution is 2.28. The van der Waals surface area contributed by atoms with Crippen LogP contribution in [0.5, 0.6) is 11.5 Å². The van der Waals surface area contributed by atoms with E-state index in [9.17, 15) is 13.2 Å². The zero-order chi connectivity index (χ0) is 21.7. The van der Waals surface area contributed by atoms with Gasteiger partial charge in [0.1, 0.15) is 10.6 Å². The summed E-state index contributed by atoms with van der Waals surface area (Å²) in [6.07, 6.45) is 2.02. The van der Waals surface area contributed by atoms with Crippen molar-refractivity contribution in [2.75, 3.05) is 52.4 Å². The quantitative estimate of drug-likeness (QED) is 0.658. The van der Waals surface area contributed by atoms with E-state index in [4.69, 9.17) is 9.47 Å². The molecule has 2 aromatic rings. The molecule has 1 aliphatic heterocycles. The van der Waals surface area contributed by atoms with E-state index in [1.165, 1.54) is 16.6 Å². The van der Waals surface area contributed by atoms with Gasteiger partial charge < -0.3 is 19.4 Å². The Bertz CT molecular complexity index is 984. The Balaban J connectivity index is 1.64. The Morgan fingerprint density at radius 1 is 1.17 bits per heavy atom. The lowest BCUT2D eigenvalue weighted by atomic mass is 10.1. The molecule has 3 rings (SSSR count). The number of sulfonamides is 1. The third kappa shape index (κ3) is 4.93. The van der Waals surface area contributed by atoms with E-state index in [1.807, 2.05) is 18.2 Å². The number of carbonyl (C=O) groups excluding carboxylic acids is 1. The molecule has 1 aliphatic rings. The van der Waals surface area contributed by atoms with E-state index in [0.29, 0.717) is 37.6 Å². The lowest BCUT2D eigenvalue weighted by Crippen LogP contribution is -2.37. The van der Waals surface area contributed by atoms with Gasteiger partial charge in [0, 0.05) is 44.4 Å². The van der Waals surface area contributed by atoms with Crippen molar-refractivity contribution >= 4 is 27.7 Å². The van der Waals surface area contributed by atoms with Crippen LogP contribution >= 0.6 is 11.8 Å². The van der Waals surface area contributed by atoms with Crippen LogP contribution in [0.2, 0.25) is 0 Å². The molecule has 1 aromatic heterocycles. The Morgan fingerprint density at radius 3 is 2.53 bits per heavy atom. The summed E-state index contributed by atoms with van der Waals surface area (Å²) in [5.41, 5.74) is 1.26. The number of hydrogen-bond donors (Lipinski definition) is 1. The molecule has 164 valence electrons. The lowest BCUT2D eigenvalue weighted by Gasteiger charge is -2.24. The molecule has 2 heterocycles. The van der Waals surface area contributed by atoms with Gasteiger partial charge in [-0.05, 0) is 30.2 Å². The first kappa shape index (κ1) is 22.5. The fourth-order valence-electron chi connectivity index (χ4n) is 3.22. The summed E-state index contributed by atoms with van der Waals surface area (Å²) in [4.78, 5) is 17.3. The van der Waals surface area contributed by atoms with Gasteiger partial charge in [-0.3, -0.25) is 4.79 Å². The summed E-state index contributed by atoms with van der Waals surface area (Å²) in [6, 6.07) is 7.06. The Morgan fingerprint density at radius 2 is 1.87 bits per heavy atom. The molecule has 0 radical (unpaired) electrons. The minimum Gasteiger partial charge on any atom is -0.493 e. The van der Waals surface area contributed by atoms with Crippen molar-refractivity contribution in [2.24, 2.45) is 0 Å². The summed E-state index contributed by atoms with van der Waals surface area (Å²) >= 11 is 1.74. The standard InChI is InChI=1S/C20H27N3O5S2/c1-22(7-6-15-4-5-18(27-2)19(12-15)28-3)20(24)17-13-16(14-21-17)30(25,26)23-8-10-29-11-9-23/h4-5,12-14,21H,6-11H2,1-3H3. The van der Waals surface area contributed by atoms with Crippen molar-refractivity contribution in [3.63, 3.8) is 0 Å². The number of nitrogens with one attached hydrogen (secondary N) is 1. The predicted molar refractivity (Wildman–Crippen MR) is 117 cm³/mol. The smallest absolute Gasteiger partial charge is 0.270 e. The number of ether oxygens (including phenoxy) is 2. The summed E-state index contributed by atoms with van der Waals surface area (Å²) in [5, 5.41) is 0. The fourth-order valence-corrected chi connectivity index (χ4v) is 5.79. The highest BCUT2D eigenvalue weighted by molar-refractivity contribution is 7.99. The van der Waals surface area contributed by atoms with Gasteiger partial charge >= 0.3 is 0 Å². The molecule has 1 amide bonds. The molecular formula is C20H27N3O5S2. The van der Waals surface area contributed by atoms with Crippen molar-refractivity contribution in [1.82, 2.24) is 14.2 Å². The second kappa shape index (κ2) is 9.76. The fraction of sp³-hybridized carbons (Fsp3) is 0.450. The SMILES string of the molecule is COc1ccc(CCN(C)C(=O)c2cc(S(=O)(=O)N3CCSCC3)c[nH]2)cc1OC. The normalized spacial score (nSPS) is 15.0. The minimum absolute atomic E-state index is 0.131. The van der Waals surface area contributed by atoms with E-state index in [0.717, 1.165) is 17.1 Å². The maximum atomic E-state index is 12.8. The first-order chi connectivity index (χ1) is 14.4. The van der Waals surface area contributed by atoms with Gasteiger partial charge in [-0.15, -0.1) is 0 Å². The number of H-pyrrole nitrogens is 1. The van der Waals surface area contributed by atoms with Gasteiger partial charge in [-0.2, -0.15) is 16.1 Å². The van der Waals surface area contributed by atoms with Crippen molar-refractivity contribution in [3.8, 4) is 11.5 Å². The molecule has 1 saturated heterocycles. The predicted octanol–water partition coefficient (Wildman–Crippen LogP) is 2.08. The molecular weight excluding hydrogens is 426 g/mol. The number of methoxy groups -OCH3 is 2. The Kier molecular flexibility index (Phi) is 7.32. The average Bonchev–Trinajstić information content (AvgIpc) is 3.28. The number of likely N-dealkylation sites (N-methyl/N-ethyl adjacent to an activating group) is 1. The molecule has 0 unspecified atom stereocenters. The van der Waals surface area contributed by atoms with Crippen LogP contribution < -0.4 is 9.47 Å². The molecule has 1 fully saturated rings. The van der Waals surface area contributed by atoms with Crippen molar-refractivity contribution in [1.29, 1.82) is 0 Å². The molecule has 0 aliphatic carbocycles. The van der Waals surface area contributed by atoms with Crippen LogP contribution in [0.3, 0.4) is 0 Å². The van der Waals surface area contributed by atoms with Crippen molar-refractivity contribution in [2.45, 2.75) is 11.3 Å². The van der Waals surface area contributed by atoms with Crippen LogP contribution in [-0.2, 0) is 16.4 Å². The first-order valence-electron chi connectivity index (χ1n) is 9.59. The Hall–Kier alpha value is -2.17. The van der Waals surface area contributed by atoms with Gasteiger partial charge in [-0.1, -0.05) is 6.07 Å². The molecule has 8 nitrogen and oxygen atoms in total. The number of benzene rings is 1. The molecule has 30 heavy (non-hydrogen) atoms. The highest BCUT2D eigenvalue weighted by atomic mass is 32.2. The second-order valence-corrected chi connectivity index (χ2v) is 10.1. The molecule has 0 saturated carbocycles. The number of thioether (sulfide) groups is 1. The molecule has 1 N–H and O–H groups in total. The van der Waals surface area contributed by atoms with E-state index in [1.54, 1.807) is 37.9 Å². The van der Waals surface area contributed by atoms with E-state index >= 15 is 0 Å². The number of hydrogen-bond acceptors (Lipinski definition) is 6. The average molecular weight is 454 g/mol. The summed E-state index contributed by atoms with van der Waals surface area (Å²) < 4.78 is 37.6. The van der Waals surface area contributed by atoms with Gasteiger partial charge in [0.25, 0.3) is 5.91 Å². The highest BCUT2D eigenvalue weighted by Gasteiger charge is 2.28. The van der Waals surface area contributed by atoms with Crippen molar-refractivity contribution < 1.29 is 22.7 Å². The molecule has 1 aromatic carbocycles. The summed E-state index contributed by atoms with van der Waals surface area (Å²) in [7, 11) is 1.28. The van der Waals surface area contributed by atoms with Crippen LogP contribution in [0.1, 0.15) is 16.1 Å². The maximum Gasteiger partial charge on any atom is 0.270 e. The number of aromatic nitrogens is 1. The number of carbonyl (C=O) groups is 1. The lowest BCUT2D eigenvalue weighted by molar-refractivity contribution is 0.0791. The number of amides is 1. The largest absolute Gasteiger partial charge is 0.493 e. The van der Waals surface area contributed by atoms with Gasteiger partial charge in [0.15, 0.2) is 11.5 Å². The van der Waals surface area contributed by atoms with Gasteiger partial charge in [0.2, 0.25) is 10.0 Å². The molecule has 0 spiro atoms. The van der Waals surface area contributed by atoms with Crippen LogP contribution in [-0.4, -0.2) is 80.9 Å². The number of aromatic amines is 1. The third-order valence-corrected chi connectivity index (χ3v) is 7.84. The van der Waals surface area contributed by atoms with E-state index in [-0.39, 0.29) is 16.5 Å². The minimum atomic E-state index is -3.58. The second-order valence-electron chi connectivity index (χ2n) is 6.93. The van der Waals surface area contributed by atoms with E-state index in [2.05, 4.69) is 4.98 Å². The van der Waals surface area contributed by atoms with Crippen LogP contribution in [0, 0.1) is 0 Å². The van der Waals surface area contributed by atoms with E-state index < -0.39 is 10.0 Å². The van der Waals surface area contributed by atoms with Crippen LogP contribution in [0.15, 0.2) is 35.4 Å². The van der Waals surface area contributed by atoms with Gasteiger partial charge in [-0.25, -0.2) is 8.42 Å².